The first kappa shape index (κ1) is 12.9. The topological polar surface area (TPSA) is 21.3 Å². The summed E-state index contributed by atoms with van der Waals surface area (Å²) in [4.78, 5) is 0. The molecule has 1 N–H and O–H groups in total. The van der Waals surface area contributed by atoms with Crippen LogP contribution in [-0.2, 0) is 6.42 Å². The molecule has 0 spiro atoms. The summed E-state index contributed by atoms with van der Waals surface area (Å²) in [7, 11) is 3.79. The molecule has 1 aromatic carbocycles. The van der Waals surface area contributed by atoms with Crippen molar-refractivity contribution in [2.75, 3.05) is 14.2 Å². The third-order valence-corrected chi connectivity index (χ3v) is 4.31. The van der Waals surface area contributed by atoms with E-state index in [1.165, 1.54) is 29.3 Å². The van der Waals surface area contributed by atoms with Gasteiger partial charge in [-0.05, 0) is 62.4 Å². The molecule has 94 valence electrons. The second kappa shape index (κ2) is 5.87. The molecule has 2 rings (SSSR count). The van der Waals surface area contributed by atoms with Gasteiger partial charge < -0.3 is 10.1 Å². The van der Waals surface area contributed by atoms with Gasteiger partial charge in [-0.15, -0.1) is 0 Å². The average molecular weight is 298 g/mol. The Kier molecular flexibility index (Phi) is 4.46. The van der Waals surface area contributed by atoms with Gasteiger partial charge in [0.15, 0.2) is 0 Å². The van der Waals surface area contributed by atoms with Gasteiger partial charge in [-0.2, -0.15) is 0 Å². The summed E-state index contributed by atoms with van der Waals surface area (Å²) in [6.07, 6.45) is 5.09. The first-order chi connectivity index (χ1) is 8.24. The zero-order valence-corrected chi connectivity index (χ0v) is 12.1. The first-order valence-electron chi connectivity index (χ1n) is 6.24. The fraction of sp³-hybridized carbons (Fsp3) is 0.571. The summed E-state index contributed by atoms with van der Waals surface area (Å²) in [5.41, 5.74) is 1.34. The summed E-state index contributed by atoms with van der Waals surface area (Å²) >= 11 is 3.61. The minimum Gasteiger partial charge on any atom is -0.497 e. The lowest BCUT2D eigenvalue weighted by Gasteiger charge is -2.16. The van der Waals surface area contributed by atoms with Crippen LogP contribution in [0.4, 0.5) is 0 Å². The van der Waals surface area contributed by atoms with Crippen molar-refractivity contribution in [1.82, 2.24) is 5.32 Å². The lowest BCUT2D eigenvalue weighted by Crippen LogP contribution is -2.27. The van der Waals surface area contributed by atoms with E-state index >= 15 is 0 Å². The highest BCUT2D eigenvalue weighted by Gasteiger charge is 2.29. The number of rotatable bonds is 6. The van der Waals surface area contributed by atoms with E-state index in [1.807, 2.05) is 6.07 Å². The fourth-order valence-corrected chi connectivity index (χ4v) is 2.74. The van der Waals surface area contributed by atoms with Crippen LogP contribution in [0.2, 0.25) is 0 Å². The SMILES string of the molecule is CNC(CCc1cc(OC)ccc1Br)C1CC1. The highest BCUT2D eigenvalue weighted by molar-refractivity contribution is 9.10. The lowest BCUT2D eigenvalue weighted by atomic mass is 10.0. The van der Waals surface area contributed by atoms with Crippen LogP contribution in [-0.4, -0.2) is 20.2 Å². The maximum atomic E-state index is 5.27. The first-order valence-corrected chi connectivity index (χ1v) is 7.03. The molecule has 1 saturated carbocycles. The maximum absolute atomic E-state index is 5.27. The molecule has 0 amide bonds. The summed E-state index contributed by atoms with van der Waals surface area (Å²) in [6.45, 7) is 0. The normalized spacial score (nSPS) is 16.9. The van der Waals surface area contributed by atoms with Crippen LogP contribution in [0.1, 0.15) is 24.8 Å². The molecule has 0 aromatic heterocycles. The molecule has 1 unspecified atom stereocenters. The second-order valence-corrected chi connectivity index (χ2v) is 5.58. The number of halogens is 1. The van der Waals surface area contributed by atoms with Gasteiger partial charge >= 0.3 is 0 Å². The number of ether oxygens (including phenoxy) is 1. The number of aryl methyl sites for hydroxylation is 1. The van der Waals surface area contributed by atoms with Crippen molar-refractivity contribution in [3.8, 4) is 5.75 Å². The Bertz CT molecular complexity index is 376. The Morgan fingerprint density at radius 3 is 2.82 bits per heavy atom. The number of methoxy groups -OCH3 is 1. The van der Waals surface area contributed by atoms with Crippen LogP contribution < -0.4 is 10.1 Å². The molecule has 1 aliphatic rings. The van der Waals surface area contributed by atoms with E-state index in [1.54, 1.807) is 7.11 Å². The quantitative estimate of drug-likeness (QED) is 0.869. The van der Waals surface area contributed by atoms with Gasteiger partial charge in [-0.1, -0.05) is 15.9 Å². The molecule has 3 heteroatoms. The smallest absolute Gasteiger partial charge is 0.119 e. The highest BCUT2D eigenvalue weighted by Crippen LogP contribution is 2.35. The monoisotopic (exact) mass is 297 g/mol. The highest BCUT2D eigenvalue weighted by atomic mass is 79.9. The zero-order chi connectivity index (χ0) is 12.3. The number of hydrogen-bond donors (Lipinski definition) is 1. The largest absolute Gasteiger partial charge is 0.497 e. The Balaban J connectivity index is 1.97. The molecular weight excluding hydrogens is 278 g/mol. The van der Waals surface area contributed by atoms with Crippen LogP contribution in [0.5, 0.6) is 5.75 Å². The third kappa shape index (κ3) is 3.46. The molecule has 0 heterocycles. The number of benzene rings is 1. The van der Waals surface area contributed by atoms with Crippen LogP contribution in [0.3, 0.4) is 0 Å². The molecule has 1 aromatic rings. The molecule has 0 saturated heterocycles. The standard InChI is InChI=1S/C14H20BrNO/c1-16-14(10-3-4-10)8-5-11-9-12(17-2)6-7-13(11)15/h6-7,9-10,14,16H,3-5,8H2,1-2H3. The van der Waals surface area contributed by atoms with Gasteiger partial charge in [0.25, 0.3) is 0 Å². The Hall–Kier alpha value is -0.540. The summed E-state index contributed by atoms with van der Waals surface area (Å²) in [5.74, 6) is 1.85. The lowest BCUT2D eigenvalue weighted by molar-refractivity contribution is 0.413. The molecule has 1 atom stereocenters. The molecule has 0 aliphatic heterocycles. The minimum atomic E-state index is 0.674. The van der Waals surface area contributed by atoms with Crippen molar-refractivity contribution in [3.05, 3.63) is 28.2 Å². The van der Waals surface area contributed by atoms with E-state index in [0.29, 0.717) is 6.04 Å². The van der Waals surface area contributed by atoms with Crippen LogP contribution in [0.25, 0.3) is 0 Å². The van der Waals surface area contributed by atoms with Gasteiger partial charge in [0.05, 0.1) is 7.11 Å². The summed E-state index contributed by atoms with van der Waals surface area (Å²) < 4.78 is 6.45. The van der Waals surface area contributed by atoms with E-state index in [9.17, 15) is 0 Å². The minimum absolute atomic E-state index is 0.674. The van der Waals surface area contributed by atoms with Crippen LogP contribution in [0, 0.1) is 5.92 Å². The van der Waals surface area contributed by atoms with E-state index in [0.717, 1.165) is 18.1 Å². The van der Waals surface area contributed by atoms with Gasteiger partial charge in [0.1, 0.15) is 5.75 Å². The van der Waals surface area contributed by atoms with Gasteiger partial charge in [0, 0.05) is 10.5 Å². The molecule has 1 aliphatic carbocycles. The Morgan fingerprint density at radius 2 is 2.24 bits per heavy atom. The van der Waals surface area contributed by atoms with E-state index in [2.05, 4.69) is 40.4 Å². The van der Waals surface area contributed by atoms with Crippen molar-refractivity contribution in [3.63, 3.8) is 0 Å². The molecule has 1 fully saturated rings. The van der Waals surface area contributed by atoms with Crippen molar-refractivity contribution in [1.29, 1.82) is 0 Å². The zero-order valence-electron chi connectivity index (χ0n) is 10.5. The van der Waals surface area contributed by atoms with E-state index in [-0.39, 0.29) is 0 Å². The maximum Gasteiger partial charge on any atom is 0.119 e. The molecule has 17 heavy (non-hydrogen) atoms. The average Bonchev–Trinajstić information content (AvgIpc) is 3.16. The third-order valence-electron chi connectivity index (χ3n) is 3.54. The van der Waals surface area contributed by atoms with Crippen molar-refractivity contribution >= 4 is 15.9 Å². The predicted molar refractivity (Wildman–Crippen MR) is 74.6 cm³/mol. The molecule has 0 bridgehead atoms. The Labute approximate surface area is 112 Å². The fourth-order valence-electron chi connectivity index (χ4n) is 2.30. The van der Waals surface area contributed by atoms with Crippen molar-refractivity contribution < 1.29 is 4.74 Å². The molecule has 2 nitrogen and oxygen atoms in total. The van der Waals surface area contributed by atoms with E-state index in [4.69, 9.17) is 4.74 Å². The van der Waals surface area contributed by atoms with Crippen molar-refractivity contribution in [2.45, 2.75) is 31.7 Å². The molecular formula is C14H20BrNO. The van der Waals surface area contributed by atoms with Crippen LogP contribution >= 0.6 is 15.9 Å². The second-order valence-electron chi connectivity index (χ2n) is 4.73. The van der Waals surface area contributed by atoms with Gasteiger partial charge in [0.2, 0.25) is 0 Å². The predicted octanol–water partition coefficient (Wildman–Crippen LogP) is 3.39. The van der Waals surface area contributed by atoms with Crippen molar-refractivity contribution in [2.24, 2.45) is 5.92 Å². The number of nitrogens with one attached hydrogen (secondary N) is 1. The van der Waals surface area contributed by atoms with E-state index < -0.39 is 0 Å². The van der Waals surface area contributed by atoms with Gasteiger partial charge in [-0.3, -0.25) is 0 Å². The molecule has 0 radical (unpaired) electrons. The van der Waals surface area contributed by atoms with Gasteiger partial charge in [-0.25, -0.2) is 0 Å². The summed E-state index contributed by atoms with van der Waals surface area (Å²) in [5, 5.41) is 3.44. The van der Waals surface area contributed by atoms with Crippen LogP contribution in [0.15, 0.2) is 22.7 Å². The summed E-state index contributed by atoms with van der Waals surface area (Å²) in [6, 6.07) is 6.86. The Morgan fingerprint density at radius 1 is 1.47 bits per heavy atom. The number of hydrogen-bond acceptors (Lipinski definition) is 2.